The second kappa shape index (κ2) is 16.7. The number of benzene rings is 1. The quantitative estimate of drug-likeness (QED) is 0.304. The van der Waals surface area contributed by atoms with Gasteiger partial charge in [0.15, 0.2) is 17.7 Å². The normalized spacial score (nSPS) is 15.1. The number of hydrogen-bond donors (Lipinski definition) is 3. The predicted molar refractivity (Wildman–Crippen MR) is 175 cm³/mol. The van der Waals surface area contributed by atoms with Gasteiger partial charge in [-0.2, -0.15) is 17.5 Å². The van der Waals surface area contributed by atoms with Crippen molar-refractivity contribution in [1.82, 2.24) is 29.0 Å². The molecule has 18 heteroatoms. The fraction of sp³-hybridized carbons (Fsp3) is 0.400. The summed E-state index contributed by atoms with van der Waals surface area (Å²) in [4.78, 5) is 50.2. The molecule has 0 radical (unpaired) electrons. The first-order valence-electron chi connectivity index (χ1n) is 14.8. The van der Waals surface area contributed by atoms with E-state index in [9.17, 15) is 27.6 Å². The lowest BCUT2D eigenvalue weighted by atomic mass is 10.1. The van der Waals surface area contributed by atoms with Crippen molar-refractivity contribution in [2.75, 3.05) is 56.7 Å². The summed E-state index contributed by atoms with van der Waals surface area (Å²) in [5, 5.41) is 15.3. The number of aryl methyl sites for hydroxylation is 1. The number of ether oxygens (including phenoxy) is 1. The van der Waals surface area contributed by atoms with Crippen LogP contribution in [0.5, 0.6) is 5.75 Å². The molecular weight excluding hydrogens is 677 g/mol. The molecule has 3 aromatic rings. The Morgan fingerprint density at radius 1 is 1.23 bits per heavy atom. The van der Waals surface area contributed by atoms with Crippen LogP contribution in [-0.2, 0) is 28.7 Å². The first-order chi connectivity index (χ1) is 22.9. The van der Waals surface area contributed by atoms with E-state index in [1.54, 1.807) is 0 Å². The number of H-pyrrole nitrogens is 1. The summed E-state index contributed by atoms with van der Waals surface area (Å²) in [6.07, 6.45) is 0.158. The summed E-state index contributed by atoms with van der Waals surface area (Å²) in [5.74, 6) is -0.361. The average Bonchev–Trinajstić information content (AvgIpc) is 3.51. The van der Waals surface area contributed by atoms with Gasteiger partial charge in [0.2, 0.25) is 5.91 Å². The second-order valence-corrected chi connectivity index (χ2v) is 11.7. The van der Waals surface area contributed by atoms with Crippen molar-refractivity contribution in [1.29, 1.82) is 0 Å². The maximum absolute atomic E-state index is 14.1. The molecule has 3 N–H and O–H groups in total. The van der Waals surface area contributed by atoms with Gasteiger partial charge < -0.3 is 25.0 Å². The number of anilines is 2. The number of nitrogens with one attached hydrogen (secondary N) is 2. The Labute approximate surface area is 282 Å². The van der Waals surface area contributed by atoms with Crippen molar-refractivity contribution in [3.63, 3.8) is 0 Å². The lowest BCUT2D eigenvalue weighted by Gasteiger charge is -2.34. The van der Waals surface area contributed by atoms with Gasteiger partial charge in [0.1, 0.15) is 24.4 Å². The van der Waals surface area contributed by atoms with Gasteiger partial charge in [0, 0.05) is 26.2 Å². The number of hydrogen-bond acceptors (Lipinski definition) is 11. The van der Waals surface area contributed by atoms with Crippen LogP contribution < -0.4 is 15.8 Å². The zero-order chi connectivity index (χ0) is 34.8. The van der Waals surface area contributed by atoms with E-state index < -0.39 is 29.8 Å². The van der Waals surface area contributed by atoms with Crippen LogP contribution in [0.3, 0.4) is 0 Å². The largest absolute Gasteiger partial charge is 0.505 e. The van der Waals surface area contributed by atoms with Gasteiger partial charge in [-0.3, -0.25) is 19.5 Å². The number of nitrogens with zero attached hydrogens (tertiary/aromatic N) is 6. The molecule has 1 saturated heterocycles. The van der Waals surface area contributed by atoms with E-state index in [1.807, 2.05) is 24.9 Å². The van der Waals surface area contributed by atoms with Crippen LogP contribution in [-0.4, -0.2) is 92.8 Å². The molecule has 2 aliphatic rings. The molecule has 2 aromatic heterocycles. The van der Waals surface area contributed by atoms with Gasteiger partial charge in [-0.15, -0.1) is 0 Å². The molecule has 5 rings (SSSR count). The Bertz CT molecular complexity index is 1750. The van der Waals surface area contributed by atoms with Crippen LogP contribution in [0, 0.1) is 0 Å². The Hall–Kier alpha value is -4.32. The van der Waals surface area contributed by atoms with Gasteiger partial charge in [0.05, 0.1) is 40.6 Å². The zero-order valence-electron chi connectivity index (χ0n) is 26.1. The van der Waals surface area contributed by atoms with E-state index >= 15 is 0 Å². The summed E-state index contributed by atoms with van der Waals surface area (Å²) in [6.45, 7) is 4.92. The van der Waals surface area contributed by atoms with Gasteiger partial charge in [-0.1, -0.05) is 24.6 Å². The molecule has 1 fully saturated rings. The molecule has 0 unspecified atom stereocenters. The highest BCUT2D eigenvalue weighted by molar-refractivity contribution is 7.04. The monoisotopic (exact) mass is 710 g/mol. The molecule has 4 heterocycles. The number of halogens is 4. The molecule has 1 amide bonds. The smallest absolute Gasteiger partial charge is 0.416 e. The predicted octanol–water partition coefficient (Wildman–Crippen LogP) is 4.18. The van der Waals surface area contributed by atoms with Gasteiger partial charge >= 0.3 is 6.18 Å². The maximum atomic E-state index is 14.1. The van der Waals surface area contributed by atoms with Crippen LogP contribution >= 0.6 is 23.1 Å². The number of carbonyl (C=O) groups is 2. The van der Waals surface area contributed by atoms with Gasteiger partial charge in [-0.05, 0) is 55.2 Å². The van der Waals surface area contributed by atoms with Crippen molar-refractivity contribution >= 4 is 52.3 Å². The minimum Gasteiger partial charge on any atom is -0.505 e. The highest BCUT2D eigenvalue weighted by Gasteiger charge is 2.31. The van der Waals surface area contributed by atoms with Crippen LogP contribution in [0.1, 0.15) is 40.9 Å². The number of aromatic hydroxyl groups is 1. The summed E-state index contributed by atoms with van der Waals surface area (Å²) in [6, 6.07) is 2.64. The highest BCUT2D eigenvalue weighted by atomic mass is 35.5. The summed E-state index contributed by atoms with van der Waals surface area (Å²) >= 11 is 7.09. The van der Waals surface area contributed by atoms with Crippen LogP contribution in [0.25, 0.3) is 5.57 Å². The third-order valence-corrected chi connectivity index (χ3v) is 8.29. The number of aldehydes is 1. The molecule has 48 heavy (non-hydrogen) atoms. The summed E-state index contributed by atoms with van der Waals surface area (Å²) < 4.78 is 49.2. The first-order valence-corrected chi connectivity index (χ1v) is 16.0. The molecule has 258 valence electrons. The lowest BCUT2D eigenvalue weighted by Crippen LogP contribution is -2.47. The number of amides is 1. The SMILES string of the molecule is CCc1ncnc(C2=CCOCC2)[nH]n(CC(=O)Nc2ccc(C(F)(F)F)cc2Cl)c(=O)c1N1CCN(C)CC1.O=Cc1nscc1O. The van der Waals surface area contributed by atoms with Crippen molar-refractivity contribution < 1.29 is 32.6 Å². The Balaban J connectivity index is 0.000000569. The van der Waals surface area contributed by atoms with Crippen molar-refractivity contribution in [2.24, 2.45) is 0 Å². The van der Waals surface area contributed by atoms with E-state index in [0.29, 0.717) is 62.6 Å². The standard InChI is InChI=1S/C26H31ClF3N7O3.C4H3NO2S/c1-3-20-23(36-10-8-35(2)9-11-36)25(39)37(34-24(32-16-31-20)17-6-12-40-13-7-17)15-22(38)33-21-5-4-18(14-19(21)27)26(28,29)30;6-1-3-4(7)2-8-5-3/h4-6,14,16H,3,7-13,15H2,1-2H3,(H,33,38)(H,31,32,34);1-2,7H. The molecule has 0 aliphatic carbocycles. The zero-order valence-corrected chi connectivity index (χ0v) is 27.7. The van der Waals surface area contributed by atoms with Crippen molar-refractivity contribution in [2.45, 2.75) is 32.5 Å². The van der Waals surface area contributed by atoms with E-state index in [-0.39, 0.29) is 22.2 Å². The van der Waals surface area contributed by atoms with E-state index in [0.717, 1.165) is 53.1 Å². The fourth-order valence-corrected chi connectivity index (χ4v) is 5.49. The van der Waals surface area contributed by atoms with Gasteiger partial charge in [0.25, 0.3) is 5.56 Å². The number of carbonyl (C=O) groups excluding carboxylic acids is 2. The van der Waals surface area contributed by atoms with Crippen molar-refractivity contribution in [3.05, 3.63) is 74.1 Å². The average molecular weight is 711 g/mol. The highest BCUT2D eigenvalue weighted by Crippen LogP contribution is 2.33. The number of aromatic nitrogens is 5. The number of likely N-dealkylation sites (N-methyl/N-ethyl adjacent to an activating group) is 1. The fourth-order valence-electron chi connectivity index (χ4n) is 4.74. The minimum absolute atomic E-state index is 0.00942. The van der Waals surface area contributed by atoms with Crippen LogP contribution in [0.15, 0.2) is 40.8 Å². The molecule has 13 nitrogen and oxygen atoms in total. The Kier molecular flexibility index (Phi) is 12.7. The Morgan fingerprint density at radius 3 is 2.54 bits per heavy atom. The summed E-state index contributed by atoms with van der Waals surface area (Å²) in [5.41, 5.74) is 0.375. The molecule has 2 aliphatic heterocycles. The molecule has 1 aromatic carbocycles. The maximum Gasteiger partial charge on any atom is 0.416 e. The minimum atomic E-state index is -4.58. The van der Waals surface area contributed by atoms with Crippen LogP contribution in [0.2, 0.25) is 5.02 Å². The van der Waals surface area contributed by atoms with E-state index in [2.05, 4.69) is 29.7 Å². The lowest BCUT2D eigenvalue weighted by molar-refractivity contribution is -0.137. The van der Waals surface area contributed by atoms with Crippen molar-refractivity contribution in [3.8, 4) is 5.75 Å². The van der Waals surface area contributed by atoms with E-state index in [4.69, 9.17) is 21.4 Å². The Morgan fingerprint density at radius 2 is 1.98 bits per heavy atom. The number of piperazine rings is 1. The number of alkyl halides is 3. The molecular formula is C30H34ClF3N8O5S. The third-order valence-electron chi connectivity index (χ3n) is 7.35. The molecule has 0 saturated carbocycles. The molecule has 0 spiro atoms. The first kappa shape index (κ1) is 36.5. The molecule has 0 bridgehead atoms. The van der Waals surface area contributed by atoms with Gasteiger partial charge in [-0.25, -0.2) is 14.6 Å². The van der Waals surface area contributed by atoms with E-state index in [1.165, 1.54) is 11.7 Å². The van der Waals surface area contributed by atoms with Crippen LogP contribution in [0.4, 0.5) is 24.5 Å². The third kappa shape index (κ3) is 9.62. The molecule has 0 atom stereocenters. The second-order valence-electron chi connectivity index (χ2n) is 10.7. The number of rotatable bonds is 7. The topological polar surface area (TPSA) is 159 Å². The summed E-state index contributed by atoms with van der Waals surface area (Å²) in [7, 11) is 2.00. The number of aromatic amines is 1.